The first kappa shape index (κ1) is 20.9. The first-order valence-electron chi connectivity index (χ1n) is 8.88. The van der Waals surface area contributed by atoms with Crippen LogP contribution in [-0.2, 0) is 0 Å². The molecule has 2 heterocycles. The summed E-state index contributed by atoms with van der Waals surface area (Å²) in [5.41, 5.74) is 0.515. The second-order valence-electron chi connectivity index (χ2n) is 6.57. The van der Waals surface area contributed by atoms with Crippen molar-refractivity contribution in [2.75, 3.05) is 26.4 Å². The Bertz CT molecular complexity index is 1260. The third-order valence-corrected chi connectivity index (χ3v) is 6.25. The normalized spacial score (nSPS) is 12.5. The summed E-state index contributed by atoms with van der Waals surface area (Å²) in [5, 5.41) is 9.24. The van der Waals surface area contributed by atoms with Crippen LogP contribution in [0.25, 0.3) is 12.2 Å². The lowest BCUT2D eigenvalue weighted by Crippen LogP contribution is -2.46. The van der Waals surface area contributed by atoms with Crippen LogP contribution >= 0.6 is 23.1 Å². The largest absolute Gasteiger partial charge is 0.316 e. The van der Waals surface area contributed by atoms with Crippen LogP contribution in [0.1, 0.15) is 16.0 Å². The Labute approximate surface area is 175 Å². The molecule has 0 aliphatic carbocycles. The van der Waals surface area contributed by atoms with Gasteiger partial charge in [-0.25, -0.2) is 0 Å². The van der Waals surface area contributed by atoms with Crippen molar-refractivity contribution < 1.29 is 0 Å². The number of aromatic amines is 2. The first-order valence-corrected chi connectivity index (χ1v) is 10.7. The number of hydrogen-bond acceptors (Lipinski definition) is 6. The third kappa shape index (κ3) is 5.81. The van der Waals surface area contributed by atoms with E-state index in [1.165, 1.54) is 4.21 Å². The highest BCUT2D eigenvalue weighted by molar-refractivity contribution is 8.01. The smallest absolute Gasteiger partial charge is 0.272 e. The zero-order valence-corrected chi connectivity index (χ0v) is 17.7. The van der Waals surface area contributed by atoms with E-state index in [2.05, 4.69) is 14.9 Å². The van der Waals surface area contributed by atoms with Gasteiger partial charge >= 0.3 is 0 Å². The molecule has 2 aromatic heterocycles. The number of thiophene rings is 1. The maximum atomic E-state index is 12.4. The molecule has 0 aliphatic rings. The van der Waals surface area contributed by atoms with Crippen molar-refractivity contribution in [2.24, 2.45) is 0 Å². The lowest BCUT2D eigenvalue weighted by molar-refractivity contribution is 0.437. The predicted octanol–water partition coefficient (Wildman–Crippen LogP) is 1.31. The van der Waals surface area contributed by atoms with Crippen molar-refractivity contribution in [3.8, 4) is 6.07 Å². The van der Waals surface area contributed by atoms with Crippen LogP contribution in [0.4, 0.5) is 0 Å². The fraction of sp³-hybridized carbons (Fsp3) is 0.190. The molecular formula is C21H20N4O2S2. The number of nitrogens with one attached hydrogen (secondary N) is 2. The molecular weight excluding hydrogens is 404 g/mol. The summed E-state index contributed by atoms with van der Waals surface area (Å²) >= 11 is 3.35. The van der Waals surface area contributed by atoms with Gasteiger partial charge in [-0.1, -0.05) is 12.1 Å². The van der Waals surface area contributed by atoms with Gasteiger partial charge in [-0.05, 0) is 56.1 Å². The van der Waals surface area contributed by atoms with Crippen LogP contribution in [0.5, 0.6) is 0 Å². The number of rotatable bonds is 6. The minimum atomic E-state index is -0.377. The van der Waals surface area contributed by atoms with E-state index < -0.39 is 0 Å². The molecule has 0 bridgehead atoms. The molecule has 3 rings (SSSR count). The standard InChI is InChI=1S/C21H20N4O2S2/c1-25(2)9-10-28-19-8-7-16(29-19)12-18-21(27)23-17(20(26)24-18)11-14-3-5-15(13-22)6-4-14/h3-8,11-12H,9-10H2,1-2H3,(H,23,27)(H,24,26). The fourth-order valence-electron chi connectivity index (χ4n) is 2.48. The van der Waals surface area contributed by atoms with Gasteiger partial charge in [0.05, 0.1) is 15.8 Å². The van der Waals surface area contributed by atoms with Gasteiger partial charge in [0, 0.05) is 17.2 Å². The van der Waals surface area contributed by atoms with Crippen LogP contribution in [-0.4, -0.2) is 41.3 Å². The quantitative estimate of drug-likeness (QED) is 0.582. The topological polar surface area (TPSA) is 92.8 Å². The second kappa shape index (κ2) is 9.56. The van der Waals surface area contributed by atoms with Gasteiger partial charge < -0.3 is 14.9 Å². The molecule has 2 N–H and O–H groups in total. The summed E-state index contributed by atoms with van der Waals surface area (Å²) in [7, 11) is 4.08. The van der Waals surface area contributed by atoms with Gasteiger partial charge in [0.15, 0.2) is 0 Å². The molecule has 0 atom stereocenters. The lowest BCUT2D eigenvalue weighted by Gasteiger charge is -2.07. The zero-order valence-electron chi connectivity index (χ0n) is 16.1. The van der Waals surface area contributed by atoms with Crippen molar-refractivity contribution >= 4 is 35.3 Å². The van der Waals surface area contributed by atoms with Crippen molar-refractivity contribution in [1.29, 1.82) is 5.26 Å². The molecule has 0 fully saturated rings. The monoisotopic (exact) mass is 424 g/mol. The Morgan fingerprint density at radius 1 is 1.03 bits per heavy atom. The third-order valence-electron chi connectivity index (χ3n) is 4.01. The average molecular weight is 425 g/mol. The van der Waals surface area contributed by atoms with E-state index in [1.807, 2.05) is 32.3 Å². The summed E-state index contributed by atoms with van der Waals surface area (Å²) in [6.45, 7) is 0.992. The van der Waals surface area contributed by atoms with Gasteiger partial charge in [-0.3, -0.25) is 9.59 Å². The average Bonchev–Trinajstić information content (AvgIpc) is 3.13. The molecule has 0 saturated heterocycles. The Kier molecular flexibility index (Phi) is 6.88. The second-order valence-corrected chi connectivity index (χ2v) is 9.08. The van der Waals surface area contributed by atoms with E-state index >= 15 is 0 Å². The Morgan fingerprint density at radius 2 is 1.69 bits per heavy atom. The number of H-pyrrole nitrogens is 2. The molecule has 0 radical (unpaired) electrons. The Balaban J connectivity index is 1.87. The van der Waals surface area contributed by atoms with Crippen molar-refractivity contribution in [1.82, 2.24) is 14.9 Å². The van der Waals surface area contributed by atoms with E-state index in [0.29, 0.717) is 5.56 Å². The lowest BCUT2D eigenvalue weighted by atomic mass is 10.1. The highest BCUT2D eigenvalue weighted by Crippen LogP contribution is 2.27. The van der Waals surface area contributed by atoms with Crippen molar-refractivity contribution in [3.05, 3.63) is 83.8 Å². The maximum Gasteiger partial charge on any atom is 0.272 e. The van der Waals surface area contributed by atoms with E-state index in [-0.39, 0.29) is 21.8 Å². The van der Waals surface area contributed by atoms with Crippen LogP contribution < -0.4 is 21.8 Å². The molecule has 0 saturated carbocycles. The van der Waals surface area contributed by atoms with Crippen LogP contribution in [0.15, 0.2) is 50.2 Å². The summed E-state index contributed by atoms with van der Waals surface area (Å²) in [5.74, 6) is 0.990. The van der Waals surface area contributed by atoms with Gasteiger partial charge in [0.2, 0.25) is 0 Å². The minimum Gasteiger partial charge on any atom is -0.316 e. The van der Waals surface area contributed by atoms with Crippen molar-refractivity contribution in [3.63, 3.8) is 0 Å². The van der Waals surface area contributed by atoms with Gasteiger partial charge in [0.25, 0.3) is 11.1 Å². The molecule has 0 unspecified atom stereocenters. The first-order chi connectivity index (χ1) is 13.9. The summed E-state index contributed by atoms with van der Waals surface area (Å²) < 4.78 is 1.17. The molecule has 8 heteroatoms. The van der Waals surface area contributed by atoms with E-state index in [9.17, 15) is 9.59 Å². The molecule has 148 valence electrons. The van der Waals surface area contributed by atoms with Crippen LogP contribution in [0, 0.1) is 11.3 Å². The fourth-order valence-corrected chi connectivity index (χ4v) is 4.75. The Morgan fingerprint density at radius 3 is 2.31 bits per heavy atom. The summed E-state index contributed by atoms with van der Waals surface area (Å²) in [6, 6.07) is 12.8. The zero-order chi connectivity index (χ0) is 20.8. The molecule has 29 heavy (non-hydrogen) atoms. The van der Waals surface area contributed by atoms with Gasteiger partial charge in [-0.2, -0.15) is 5.26 Å². The molecule has 1 aromatic carbocycles. The van der Waals surface area contributed by atoms with E-state index in [4.69, 9.17) is 5.26 Å². The number of aromatic nitrogens is 2. The summed E-state index contributed by atoms with van der Waals surface area (Å²) in [6.07, 6.45) is 3.27. The maximum absolute atomic E-state index is 12.4. The predicted molar refractivity (Wildman–Crippen MR) is 119 cm³/mol. The number of nitriles is 1. The molecule has 0 amide bonds. The Hall–Kier alpha value is -2.86. The van der Waals surface area contributed by atoms with Crippen LogP contribution in [0.3, 0.4) is 0 Å². The van der Waals surface area contributed by atoms with E-state index in [1.54, 1.807) is 59.5 Å². The highest BCUT2D eigenvalue weighted by atomic mass is 32.2. The molecule has 3 aromatic rings. The van der Waals surface area contributed by atoms with Crippen molar-refractivity contribution in [2.45, 2.75) is 4.21 Å². The number of thioether (sulfide) groups is 1. The van der Waals surface area contributed by atoms with Crippen LogP contribution in [0.2, 0.25) is 0 Å². The summed E-state index contributed by atoms with van der Waals surface area (Å²) in [4.78, 5) is 33.1. The van der Waals surface area contributed by atoms with E-state index in [0.717, 1.165) is 22.7 Å². The van der Waals surface area contributed by atoms with Gasteiger partial charge in [0.1, 0.15) is 10.7 Å². The number of hydrogen-bond donors (Lipinski definition) is 2. The van der Waals surface area contributed by atoms with Gasteiger partial charge in [-0.15, -0.1) is 23.1 Å². The number of nitrogens with zero attached hydrogens (tertiary/aromatic N) is 2. The minimum absolute atomic E-state index is 0.169. The molecule has 0 aliphatic heterocycles. The highest BCUT2D eigenvalue weighted by Gasteiger charge is 2.02. The SMILES string of the molecule is CN(C)CCSc1ccc(C=c2[nH]c(=O)c(=Cc3ccc(C#N)cc3)[nH]c2=O)s1. The molecule has 0 spiro atoms. The number of benzene rings is 1. The molecule has 6 nitrogen and oxygen atoms in total.